The summed E-state index contributed by atoms with van der Waals surface area (Å²) in [4.78, 5) is 14.8. The van der Waals surface area contributed by atoms with Gasteiger partial charge >= 0.3 is 5.97 Å². The monoisotopic (exact) mass is 274 g/mol. The molecule has 1 aromatic heterocycles. The minimum atomic E-state index is -2.91. The first-order chi connectivity index (χ1) is 8.54. The second-order valence-electron chi connectivity index (χ2n) is 3.32. The minimum Gasteiger partial charge on any atom is -0.469 e. The number of hydrogen-bond donors (Lipinski definition) is 0. The maximum atomic E-state index is 13.0. The molecule has 96 valence electrons. The molecule has 18 heavy (non-hydrogen) atoms. The summed E-state index contributed by atoms with van der Waals surface area (Å²) in [6, 6.07) is 1.57. The van der Waals surface area contributed by atoms with E-state index < -0.39 is 23.7 Å². The number of carbonyl (C=O) groups excluding carboxylic acids is 1. The van der Waals surface area contributed by atoms with Gasteiger partial charge in [0.05, 0.1) is 19.1 Å². The number of carbonyl (C=O) groups is 1. The van der Waals surface area contributed by atoms with Crippen LogP contribution in [-0.4, -0.2) is 18.1 Å². The summed E-state index contributed by atoms with van der Waals surface area (Å²) in [5.74, 6) is -0.761. The average molecular weight is 275 g/mol. The Morgan fingerprint density at radius 2 is 2.33 bits per heavy atom. The van der Waals surface area contributed by atoms with Gasteiger partial charge in [0.1, 0.15) is 11.8 Å². The molecule has 0 bridgehead atoms. The molecule has 0 spiro atoms. The number of rotatable bonds is 4. The van der Waals surface area contributed by atoms with E-state index >= 15 is 0 Å². The van der Waals surface area contributed by atoms with Gasteiger partial charge < -0.3 is 4.74 Å². The second kappa shape index (κ2) is 6.26. The van der Waals surface area contributed by atoms with Crippen molar-refractivity contribution in [1.82, 2.24) is 4.98 Å². The van der Waals surface area contributed by atoms with Gasteiger partial charge in [0.15, 0.2) is 0 Å². The molecule has 0 aliphatic heterocycles. The van der Waals surface area contributed by atoms with E-state index in [1.54, 1.807) is 6.07 Å². The molecule has 0 unspecified atom stereocenters. The van der Waals surface area contributed by atoms with Gasteiger partial charge in [0, 0.05) is 12.1 Å². The van der Waals surface area contributed by atoms with Crippen LogP contribution in [0.25, 0.3) is 0 Å². The molecule has 0 atom stereocenters. The van der Waals surface area contributed by atoms with Crippen molar-refractivity contribution in [3.63, 3.8) is 0 Å². The van der Waals surface area contributed by atoms with E-state index in [1.165, 1.54) is 6.20 Å². The molecule has 1 heterocycles. The number of pyridine rings is 1. The van der Waals surface area contributed by atoms with E-state index in [0.717, 1.165) is 7.11 Å². The molecule has 0 saturated carbocycles. The fourth-order valence-corrected chi connectivity index (χ4v) is 1.70. The molecule has 0 fully saturated rings. The zero-order chi connectivity index (χ0) is 13.7. The molecule has 0 radical (unpaired) electrons. The molecule has 0 aromatic carbocycles. The minimum absolute atomic E-state index is 0.0124. The van der Waals surface area contributed by atoms with Crippen LogP contribution in [0.5, 0.6) is 0 Å². The van der Waals surface area contributed by atoms with E-state index in [1.807, 2.05) is 0 Å². The smallest absolute Gasteiger partial charge is 0.310 e. The summed E-state index contributed by atoms with van der Waals surface area (Å²) < 4.78 is 30.4. The molecule has 0 aliphatic rings. The van der Waals surface area contributed by atoms with E-state index in [4.69, 9.17) is 16.9 Å². The lowest BCUT2D eigenvalue weighted by atomic mass is 9.99. The zero-order valence-electron chi connectivity index (χ0n) is 9.41. The van der Waals surface area contributed by atoms with Gasteiger partial charge in [-0.25, -0.2) is 13.8 Å². The lowest BCUT2D eigenvalue weighted by molar-refractivity contribution is -0.139. The third kappa shape index (κ3) is 2.93. The van der Waals surface area contributed by atoms with Crippen molar-refractivity contribution in [3.05, 3.63) is 28.6 Å². The molecule has 0 saturated heterocycles. The number of nitrogens with zero attached hydrogens (tertiary/aromatic N) is 2. The molecule has 7 heteroatoms. The van der Waals surface area contributed by atoms with Crippen LogP contribution in [0, 0.1) is 11.3 Å². The summed E-state index contributed by atoms with van der Waals surface area (Å²) in [5.41, 5.74) is -0.659. The van der Waals surface area contributed by atoms with Crippen LogP contribution in [0.15, 0.2) is 6.20 Å². The summed E-state index contributed by atoms with van der Waals surface area (Å²) in [6.45, 7) is 0. The van der Waals surface area contributed by atoms with Crippen LogP contribution in [0.3, 0.4) is 0 Å². The largest absolute Gasteiger partial charge is 0.469 e. The highest BCUT2D eigenvalue weighted by atomic mass is 35.5. The van der Waals surface area contributed by atoms with Gasteiger partial charge in [-0.15, -0.1) is 11.6 Å². The van der Waals surface area contributed by atoms with Crippen molar-refractivity contribution < 1.29 is 18.3 Å². The van der Waals surface area contributed by atoms with Crippen molar-refractivity contribution in [2.45, 2.75) is 18.7 Å². The predicted octanol–water partition coefficient (Wildman–Crippen LogP) is 2.35. The van der Waals surface area contributed by atoms with Crippen molar-refractivity contribution in [2.24, 2.45) is 0 Å². The first-order valence-corrected chi connectivity index (χ1v) is 5.40. The van der Waals surface area contributed by atoms with Crippen molar-refractivity contribution >= 4 is 17.6 Å². The predicted molar refractivity (Wildman–Crippen MR) is 59.2 cm³/mol. The first-order valence-electron chi connectivity index (χ1n) is 4.86. The van der Waals surface area contributed by atoms with Crippen molar-refractivity contribution in [1.29, 1.82) is 5.26 Å². The van der Waals surface area contributed by atoms with Gasteiger partial charge in [-0.2, -0.15) is 5.26 Å². The molecule has 0 amide bonds. The Morgan fingerprint density at radius 3 is 2.78 bits per heavy atom. The fraction of sp³-hybridized carbons (Fsp3) is 0.364. The van der Waals surface area contributed by atoms with Crippen LogP contribution in [0.4, 0.5) is 8.78 Å². The summed E-state index contributed by atoms with van der Waals surface area (Å²) >= 11 is 5.61. The second-order valence-corrected chi connectivity index (χ2v) is 3.59. The zero-order valence-corrected chi connectivity index (χ0v) is 10.2. The third-order valence-corrected chi connectivity index (χ3v) is 2.62. The Labute approximate surface area is 107 Å². The normalized spacial score (nSPS) is 10.2. The quantitative estimate of drug-likeness (QED) is 0.624. The Hall–Kier alpha value is -1.74. The van der Waals surface area contributed by atoms with Crippen molar-refractivity contribution in [3.8, 4) is 6.07 Å². The van der Waals surface area contributed by atoms with Crippen LogP contribution in [0.1, 0.15) is 28.8 Å². The lowest BCUT2D eigenvalue weighted by Gasteiger charge is -2.12. The number of alkyl halides is 3. The molecule has 1 rings (SSSR count). The van der Waals surface area contributed by atoms with Crippen molar-refractivity contribution in [2.75, 3.05) is 7.11 Å². The van der Waals surface area contributed by atoms with E-state index in [9.17, 15) is 13.6 Å². The van der Waals surface area contributed by atoms with Crippen LogP contribution in [0.2, 0.25) is 0 Å². The number of nitriles is 1. The number of esters is 1. The summed E-state index contributed by atoms with van der Waals surface area (Å²) in [6.07, 6.45) is -2.06. The van der Waals surface area contributed by atoms with Crippen LogP contribution >= 0.6 is 11.6 Å². The average Bonchev–Trinajstić information content (AvgIpc) is 2.37. The van der Waals surface area contributed by atoms with Gasteiger partial charge in [0.2, 0.25) is 0 Å². The number of aromatic nitrogens is 1. The SMILES string of the molecule is COC(=O)Cc1c(CCl)cnc(C#N)c1C(F)F. The third-order valence-electron chi connectivity index (χ3n) is 2.33. The number of hydrogen-bond acceptors (Lipinski definition) is 4. The van der Waals surface area contributed by atoms with Gasteiger partial charge in [0.25, 0.3) is 6.43 Å². The first kappa shape index (κ1) is 14.3. The molecule has 0 aliphatic carbocycles. The maximum Gasteiger partial charge on any atom is 0.310 e. The summed E-state index contributed by atoms with van der Waals surface area (Å²) in [7, 11) is 1.15. The maximum absolute atomic E-state index is 13.0. The van der Waals surface area contributed by atoms with Gasteiger partial charge in [-0.3, -0.25) is 4.79 Å². The number of ether oxygens (including phenoxy) is 1. The topological polar surface area (TPSA) is 63.0 Å². The van der Waals surface area contributed by atoms with Gasteiger partial charge in [-0.05, 0) is 11.1 Å². The molecular formula is C11H9ClF2N2O2. The summed E-state index contributed by atoms with van der Waals surface area (Å²) in [5, 5.41) is 8.75. The number of methoxy groups -OCH3 is 1. The fourth-order valence-electron chi connectivity index (χ4n) is 1.47. The lowest BCUT2D eigenvalue weighted by Crippen LogP contribution is -2.12. The highest BCUT2D eigenvalue weighted by molar-refractivity contribution is 6.17. The van der Waals surface area contributed by atoms with Gasteiger partial charge in [-0.1, -0.05) is 0 Å². The van der Waals surface area contributed by atoms with Crippen LogP contribution in [-0.2, 0) is 21.8 Å². The van der Waals surface area contributed by atoms with E-state index in [2.05, 4.69) is 9.72 Å². The molecular weight excluding hydrogens is 266 g/mol. The van der Waals surface area contributed by atoms with E-state index in [0.29, 0.717) is 0 Å². The van der Waals surface area contributed by atoms with Crippen LogP contribution < -0.4 is 0 Å². The Balaban J connectivity index is 3.41. The molecule has 0 N–H and O–H groups in total. The highest BCUT2D eigenvalue weighted by Gasteiger charge is 2.23. The Kier molecular flexibility index (Phi) is 4.98. The highest BCUT2D eigenvalue weighted by Crippen LogP contribution is 2.29. The Bertz CT molecular complexity index is 501. The Morgan fingerprint density at radius 1 is 1.67 bits per heavy atom. The number of halogens is 3. The molecule has 4 nitrogen and oxygen atoms in total. The van der Waals surface area contributed by atoms with E-state index in [-0.39, 0.29) is 23.4 Å². The standard InChI is InChI=1S/C11H9ClF2N2O2/c1-18-9(17)2-7-6(3-12)5-16-8(4-15)10(7)11(13)14/h5,11H,2-3H2,1H3. The molecule has 1 aromatic rings.